The third-order valence-corrected chi connectivity index (χ3v) is 29.1. The number of aromatic nitrogens is 3. The number of hydrogen-bond acceptors (Lipinski definition) is 6. The van der Waals surface area contributed by atoms with Crippen LogP contribution in [-0.2, 0) is 0 Å². The average Bonchev–Trinajstić information content (AvgIpc) is 1.65. The lowest BCUT2D eigenvalue weighted by Gasteiger charge is -2.28. The molecule has 0 radical (unpaired) electrons. The molecule has 0 aliphatic rings. The van der Waals surface area contributed by atoms with Gasteiger partial charge in [0.1, 0.15) is 33.5 Å². The Morgan fingerprint density at radius 3 is 0.828 bits per heavy atom. The molecule has 680 valence electrons. The molecule has 145 heavy (non-hydrogen) atoms. The Morgan fingerprint density at radius 1 is 0.145 bits per heavy atom. The molecule has 0 unspecified atom stereocenters. The summed E-state index contributed by atoms with van der Waals surface area (Å²) < 4.78 is 27.0. The molecule has 0 saturated heterocycles. The SMILES string of the molecule is c1cc(N(c2cccc3ccccc23)c2cccc3ccc4c5ccccc5oc4c23)cc(-n2c3ccccc3c3ccccc32)c1.c1ccc(-c2ccc(N(c3ccc(-n4c5ccccc5c5ccccc54)cc3)c3cccc4ccc5c6ccccc6oc5c34)cc2)cc1.c1ccc(-c2cccc(N(c3ccc(-n4c5ccccc5c5ccccc54)cc3)c3cccc4ccc5c6ccccc6oc5c34)c2)cc1. The number of benzene rings is 24. The minimum atomic E-state index is 0.896. The van der Waals surface area contributed by atoms with Gasteiger partial charge in [0, 0.05) is 132 Å². The molecular formula is C136H88N6O3. The van der Waals surface area contributed by atoms with E-state index >= 15 is 0 Å². The number of hydrogen-bond donors (Lipinski definition) is 0. The van der Waals surface area contributed by atoms with Crippen LogP contribution in [0.3, 0.4) is 0 Å². The van der Waals surface area contributed by atoms with Crippen molar-refractivity contribution in [1.82, 2.24) is 13.7 Å². The van der Waals surface area contributed by atoms with Gasteiger partial charge in [-0.3, -0.25) is 0 Å². The average molecular weight is 1850 g/mol. The molecule has 9 nitrogen and oxygen atoms in total. The molecular weight excluding hydrogens is 1770 g/mol. The molecule has 0 aliphatic heterocycles. The van der Waals surface area contributed by atoms with E-state index in [0.717, 1.165) is 166 Å². The summed E-state index contributed by atoms with van der Waals surface area (Å²) in [5.41, 5.74) is 30.3. The Kier molecular flexibility index (Phi) is 20.1. The highest BCUT2D eigenvalue weighted by molar-refractivity contribution is 6.24. The molecule has 0 N–H and O–H groups in total. The van der Waals surface area contributed by atoms with Gasteiger partial charge in [0.25, 0.3) is 0 Å². The predicted molar refractivity (Wildman–Crippen MR) is 609 cm³/mol. The third-order valence-electron chi connectivity index (χ3n) is 29.1. The lowest BCUT2D eigenvalue weighted by atomic mass is 10.0. The van der Waals surface area contributed by atoms with Crippen LogP contribution in [-0.4, -0.2) is 13.7 Å². The van der Waals surface area contributed by atoms with Gasteiger partial charge in [-0.2, -0.15) is 0 Å². The van der Waals surface area contributed by atoms with Crippen molar-refractivity contribution in [2.45, 2.75) is 0 Å². The number of nitrogens with zero attached hydrogens (tertiary/aromatic N) is 6. The number of rotatable bonds is 14. The van der Waals surface area contributed by atoms with E-state index in [1.807, 2.05) is 18.2 Å². The molecule has 0 saturated carbocycles. The third kappa shape index (κ3) is 14.1. The van der Waals surface area contributed by atoms with Gasteiger partial charge in [0.2, 0.25) is 0 Å². The molecule has 0 fully saturated rings. The molecule has 0 spiro atoms. The van der Waals surface area contributed by atoms with Gasteiger partial charge in [0.15, 0.2) is 0 Å². The lowest BCUT2D eigenvalue weighted by molar-refractivity contribution is 0.672. The molecule has 30 rings (SSSR count). The van der Waals surface area contributed by atoms with Gasteiger partial charge in [-0.05, 0) is 232 Å². The van der Waals surface area contributed by atoms with Crippen molar-refractivity contribution >= 4 is 226 Å². The Bertz CT molecular complexity index is 10200. The normalized spacial score (nSPS) is 11.7. The minimum Gasteiger partial charge on any atom is -0.455 e. The first-order valence-electron chi connectivity index (χ1n) is 49.4. The highest BCUT2D eigenvalue weighted by atomic mass is 16.3. The second kappa shape index (κ2) is 34.8. The van der Waals surface area contributed by atoms with Gasteiger partial charge in [-0.25, -0.2) is 0 Å². The molecule has 6 heterocycles. The summed E-state index contributed by atoms with van der Waals surface area (Å²) in [6, 6.07) is 191. The summed E-state index contributed by atoms with van der Waals surface area (Å²) in [6.07, 6.45) is 0. The van der Waals surface area contributed by atoms with Crippen molar-refractivity contribution in [3.8, 4) is 39.3 Å². The van der Waals surface area contributed by atoms with E-state index in [2.05, 4.69) is 544 Å². The molecule has 6 aromatic heterocycles. The molecule has 0 amide bonds. The molecule has 24 aromatic carbocycles. The van der Waals surface area contributed by atoms with Crippen LogP contribution in [0.4, 0.5) is 51.2 Å². The van der Waals surface area contributed by atoms with Gasteiger partial charge >= 0.3 is 0 Å². The van der Waals surface area contributed by atoms with Gasteiger partial charge < -0.3 is 41.7 Å². The number of furan rings is 3. The first-order valence-corrected chi connectivity index (χ1v) is 49.4. The monoisotopic (exact) mass is 1850 g/mol. The summed E-state index contributed by atoms with van der Waals surface area (Å²) in [7, 11) is 0. The fourth-order valence-electron chi connectivity index (χ4n) is 22.6. The topological polar surface area (TPSA) is 63.9 Å². The summed E-state index contributed by atoms with van der Waals surface area (Å²) in [5, 5.41) is 23.3. The molecule has 9 heteroatoms. The highest BCUT2D eigenvalue weighted by Crippen LogP contribution is 2.52. The highest BCUT2D eigenvalue weighted by Gasteiger charge is 2.28. The van der Waals surface area contributed by atoms with Gasteiger partial charge in [-0.15, -0.1) is 0 Å². The minimum absolute atomic E-state index is 0.896. The van der Waals surface area contributed by atoms with E-state index in [9.17, 15) is 0 Å². The zero-order valence-corrected chi connectivity index (χ0v) is 78.7. The fourth-order valence-corrected chi connectivity index (χ4v) is 22.6. The Morgan fingerprint density at radius 2 is 0.421 bits per heavy atom. The maximum atomic E-state index is 6.66. The van der Waals surface area contributed by atoms with E-state index in [-0.39, 0.29) is 0 Å². The van der Waals surface area contributed by atoms with E-state index in [0.29, 0.717) is 0 Å². The van der Waals surface area contributed by atoms with E-state index in [4.69, 9.17) is 13.3 Å². The van der Waals surface area contributed by atoms with Crippen LogP contribution in [0.15, 0.2) is 547 Å². The van der Waals surface area contributed by atoms with Crippen molar-refractivity contribution in [3.63, 3.8) is 0 Å². The summed E-state index contributed by atoms with van der Waals surface area (Å²) >= 11 is 0. The smallest absolute Gasteiger partial charge is 0.145 e. The molecule has 0 atom stereocenters. The zero-order valence-electron chi connectivity index (χ0n) is 78.7. The Hall–Kier alpha value is -19.5. The van der Waals surface area contributed by atoms with Crippen LogP contribution in [0.1, 0.15) is 0 Å². The second-order valence-corrected chi connectivity index (χ2v) is 37.2. The fraction of sp³-hybridized carbons (Fsp3) is 0. The van der Waals surface area contributed by atoms with Crippen LogP contribution >= 0.6 is 0 Å². The van der Waals surface area contributed by atoms with Crippen LogP contribution in [0.2, 0.25) is 0 Å². The largest absolute Gasteiger partial charge is 0.455 e. The summed E-state index contributed by atoms with van der Waals surface area (Å²) in [5.74, 6) is 0. The van der Waals surface area contributed by atoms with Crippen molar-refractivity contribution in [2.75, 3.05) is 14.7 Å². The zero-order chi connectivity index (χ0) is 95.5. The van der Waals surface area contributed by atoms with Crippen LogP contribution in [0.25, 0.3) is 214 Å². The number of fused-ring (bicyclic) bond motifs is 25. The standard InChI is InChI=1S/2C46H30N2O.C44H28N2O/c1-2-12-31(13-3-1)33-15-10-16-36(30-33)47(43-22-11-14-32-24-29-40-39-19-6-9-23-44(39)49-46(40)45(32)43)34-25-27-35(28-26-34)48-41-20-7-4-17-37(41)38-18-5-8-21-42(38)48;1-2-11-31(12-3-1)32-21-24-34(25-22-32)47(43-19-10-13-33-23-30-40-39-16-6-9-20-44(39)49-46(40)45(33)43)35-26-28-36(29-27-35)48-41-17-7-4-14-37(41)38-15-5-8-18-42(38)48;1-2-17-33-29(12-1)13-9-23-38(33)46(41-24-10-14-30-26-27-37-36-20-5-8-25-42(36)47-44(37)43(30)41)32-16-11-15-31(28-32)45-39-21-6-3-18-34(39)35-19-4-7-22-40(35)45/h2*1-30H;1-28H. The van der Waals surface area contributed by atoms with Gasteiger partial charge in [-0.1, -0.05) is 346 Å². The quantitative estimate of drug-likeness (QED) is 0.108. The van der Waals surface area contributed by atoms with Crippen LogP contribution in [0, 0.1) is 0 Å². The van der Waals surface area contributed by atoms with Crippen molar-refractivity contribution in [3.05, 3.63) is 534 Å². The number of anilines is 9. The van der Waals surface area contributed by atoms with Crippen molar-refractivity contribution in [2.24, 2.45) is 0 Å². The van der Waals surface area contributed by atoms with E-state index in [1.54, 1.807) is 0 Å². The first-order chi connectivity index (χ1) is 72.0. The molecule has 0 bridgehead atoms. The van der Waals surface area contributed by atoms with Crippen molar-refractivity contribution in [1.29, 1.82) is 0 Å². The second-order valence-electron chi connectivity index (χ2n) is 37.2. The predicted octanol–water partition coefficient (Wildman–Crippen LogP) is 38.4. The Labute approximate surface area is 834 Å². The van der Waals surface area contributed by atoms with Crippen molar-refractivity contribution < 1.29 is 13.3 Å². The van der Waals surface area contributed by atoms with E-state index < -0.39 is 0 Å². The van der Waals surface area contributed by atoms with E-state index in [1.165, 1.54) is 98.4 Å². The summed E-state index contributed by atoms with van der Waals surface area (Å²) in [6.45, 7) is 0. The number of para-hydroxylation sites is 9. The van der Waals surface area contributed by atoms with Crippen LogP contribution in [0.5, 0.6) is 0 Å². The molecule has 30 aromatic rings. The van der Waals surface area contributed by atoms with Crippen LogP contribution < -0.4 is 14.7 Å². The Balaban J connectivity index is 0.000000106. The first kappa shape index (κ1) is 83.7. The maximum absolute atomic E-state index is 6.66. The maximum Gasteiger partial charge on any atom is 0.145 e. The lowest BCUT2D eigenvalue weighted by Crippen LogP contribution is -2.11. The van der Waals surface area contributed by atoms with Gasteiger partial charge in [0.05, 0.1) is 55.8 Å². The molecule has 0 aliphatic carbocycles. The summed E-state index contributed by atoms with van der Waals surface area (Å²) in [4.78, 5) is 7.14.